The van der Waals surface area contributed by atoms with Crippen LogP contribution in [0.25, 0.3) is 0 Å². The molecular weight excluding hydrogens is 256 g/mol. The summed E-state index contributed by atoms with van der Waals surface area (Å²) in [5, 5.41) is 10.4. The first-order chi connectivity index (χ1) is 9.71. The van der Waals surface area contributed by atoms with Crippen LogP contribution in [-0.4, -0.2) is 11.2 Å². The second kappa shape index (κ2) is 10.00. The molecule has 0 spiro atoms. The van der Waals surface area contributed by atoms with E-state index in [2.05, 4.69) is 60.3 Å². The Bertz CT molecular complexity index is 358. The fourth-order valence-electron chi connectivity index (χ4n) is 2.44. The number of hydrogen-bond acceptors (Lipinski definition) is 1. The van der Waals surface area contributed by atoms with Crippen LogP contribution in [-0.2, 0) is 0 Å². The zero-order chi connectivity index (χ0) is 16.5. The lowest BCUT2D eigenvalue weighted by molar-refractivity contribution is 0.0472. The first-order valence-electron chi connectivity index (χ1n) is 8.32. The van der Waals surface area contributed by atoms with E-state index >= 15 is 0 Å². The molecule has 0 amide bonds. The molecule has 0 fully saturated rings. The highest BCUT2D eigenvalue weighted by atomic mass is 16.3. The van der Waals surface area contributed by atoms with E-state index in [1.54, 1.807) is 0 Å². The van der Waals surface area contributed by atoms with Gasteiger partial charge in [-0.3, -0.25) is 0 Å². The molecule has 0 aliphatic carbocycles. The van der Waals surface area contributed by atoms with Gasteiger partial charge in [-0.2, -0.15) is 0 Å². The van der Waals surface area contributed by atoms with Crippen molar-refractivity contribution in [3.8, 4) is 0 Å². The molecule has 0 heterocycles. The minimum atomic E-state index is -0.297. The van der Waals surface area contributed by atoms with Gasteiger partial charge in [-0.25, -0.2) is 0 Å². The van der Waals surface area contributed by atoms with Crippen molar-refractivity contribution < 1.29 is 5.11 Å². The van der Waals surface area contributed by atoms with Crippen molar-refractivity contribution in [2.45, 2.75) is 79.8 Å². The molecule has 0 aromatic heterocycles. The summed E-state index contributed by atoms with van der Waals surface area (Å²) >= 11 is 0. The molecule has 1 heteroatoms. The van der Waals surface area contributed by atoms with Gasteiger partial charge < -0.3 is 5.11 Å². The van der Waals surface area contributed by atoms with Gasteiger partial charge in [0, 0.05) is 5.41 Å². The van der Waals surface area contributed by atoms with Crippen LogP contribution >= 0.6 is 0 Å². The van der Waals surface area contributed by atoms with E-state index in [0.29, 0.717) is 5.92 Å². The second-order valence-corrected chi connectivity index (χ2v) is 7.26. The average Bonchev–Trinajstić information content (AvgIpc) is 2.37. The standard InChI is InChI=1S/C20H36O/c1-8-20(7,19(21)15-17(4)5)14-10-13-18(6)12-9-11-16(2)3/h8,11,13,17,19,21H,1,9-10,12,14-15H2,2-7H3/b18-13+. The molecule has 0 aromatic rings. The predicted molar refractivity (Wildman–Crippen MR) is 95.4 cm³/mol. The van der Waals surface area contributed by atoms with Gasteiger partial charge in [-0.05, 0) is 58.8 Å². The summed E-state index contributed by atoms with van der Waals surface area (Å²) in [6, 6.07) is 0. The molecule has 2 unspecified atom stereocenters. The molecule has 0 rings (SSSR count). The molecule has 0 aliphatic heterocycles. The normalized spacial score (nSPS) is 16.5. The summed E-state index contributed by atoms with van der Waals surface area (Å²) < 4.78 is 0. The van der Waals surface area contributed by atoms with E-state index in [0.717, 1.165) is 32.1 Å². The summed E-state index contributed by atoms with van der Waals surface area (Å²) in [5.74, 6) is 0.514. The highest BCUT2D eigenvalue weighted by molar-refractivity contribution is 5.04. The monoisotopic (exact) mass is 292 g/mol. The van der Waals surface area contributed by atoms with E-state index < -0.39 is 0 Å². The summed E-state index contributed by atoms with van der Waals surface area (Å²) in [5.41, 5.74) is 2.65. The van der Waals surface area contributed by atoms with Gasteiger partial charge >= 0.3 is 0 Å². The van der Waals surface area contributed by atoms with Gasteiger partial charge in [0.05, 0.1) is 6.10 Å². The van der Waals surface area contributed by atoms with Crippen molar-refractivity contribution in [1.29, 1.82) is 0 Å². The average molecular weight is 293 g/mol. The molecule has 2 atom stereocenters. The summed E-state index contributed by atoms with van der Waals surface area (Å²) in [6.07, 6.45) is 11.3. The quantitative estimate of drug-likeness (QED) is 0.485. The van der Waals surface area contributed by atoms with Crippen LogP contribution in [0.5, 0.6) is 0 Å². The fourth-order valence-corrected chi connectivity index (χ4v) is 2.44. The van der Waals surface area contributed by atoms with E-state index in [-0.39, 0.29) is 11.5 Å². The molecule has 0 saturated heterocycles. The van der Waals surface area contributed by atoms with Crippen LogP contribution in [0.3, 0.4) is 0 Å². The van der Waals surface area contributed by atoms with Gasteiger partial charge in [0.1, 0.15) is 0 Å². The topological polar surface area (TPSA) is 20.2 Å². The van der Waals surface area contributed by atoms with Crippen LogP contribution in [0.2, 0.25) is 0 Å². The zero-order valence-corrected chi connectivity index (χ0v) is 15.1. The first kappa shape index (κ1) is 20.2. The van der Waals surface area contributed by atoms with E-state index in [4.69, 9.17) is 0 Å². The maximum absolute atomic E-state index is 10.4. The van der Waals surface area contributed by atoms with Crippen molar-refractivity contribution >= 4 is 0 Å². The molecule has 0 radical (unpaired) electrons. The highest BCUT2D eigenvalue weighted by Crippen LogP contribution is 2.33. The number of hydrogen-bond donors (Lipinski definition) is 1. The van der Waals surface area contributed by atoms with Crippen molar-refractivity contribution in [3.63, 3.8) is 0 Å². The number of rotatable bonds is 10. The summed E-state index contributed by atoms with van der Waals surface area (Å²) in [7, 11) is 0. The molecular formula is C20H36O. The van der Waals surface area contributed by atoms with Crippen LogP contribution in [0.15, 0.2) is 36.0 Å². The molecule has 1 nitrogen and oxygen atoms in total. The van der Waals surface area contributed by atoms with Gasteiger partial charge in [-0.1, -0.05) is 50.1 Å². The molecule has 0 aromatic carbocycles. The van der Waals surface area contributed by atoms with E-state index in [1.165, 1.54) is 11.1 Å². The Hall–Kier alpha value is -0.820. The second-order valence-electron chi connectivity index (χ2n) is 7.26. The Balaban J connectivity index is 4.38. The maximum Gasteiger partial charge on any atom is 0.0630 e. The number of aliphatic hydroxyl groups excluding tert-OH is 1. The fraction of sp³-hybridized carbons (Fsp3) is 0.700. The molecule has 1 N–H and O–H groups in total. The Labute approximate surface area is 132 Å². The van der Waals surface area contributed by atoms with Crippen molar-refractivity contribution in [2.75, 3.05) is 0 Å². The van der Waals surface area contributed by atoms with Crippen LogP contribution < -0.4 is 0 Å². The first-order valence-corrected chi connectivity index (χ1v) is 8.32. The minimum absolute atomic E-state index is 0.180. The summed E-state index contributed by atoms with van der Waals surface area (Å²) in [4.78, 5) is 0. The lowest BCUT2D eigenvalue weighted by Gasteiger charge is -2.32. The van der Waals surface area contributed by atoms with Crippen LogP contribution in [0.4, 0.5) is 0 Å². The third-order valence-corrected chi connectivity index (χ3v) is 4.19. The Morgan fingerprint density at radius 1 is 1.14 bits per heavy atom. The van der Waals surface area contributed by atoms with Crippen molar-refractivity contribution in [3.05, 3.63) is 36.0 Å². The van der Waals surface area contributed by atoms with Crippen molar-refractivity contribution in [1.82, 2.24) is 0 Å². The molecule has 0 aliphatic rings. The molecule has 21 heavy (non-hydrogen) atoms. The number of allylic oxidation sites excluding steroid dienone is 4. The number of aliphatic hydroxyl groups is 1. The van der Waals surface area contributed by atoms with Crippen LogP contribution in [0, 0.1) is 11.3 Å². The Morgan fingerprint density at radius 2 is 1.76 bits per heavy atom. The highest BCUT2D eigenvalue weighted by Gasteiger charge is 2.29. The Kier molecular flexibility index (Phi) is 9.61. The van der Waals surface area contributed by atoms with E-state index in [9.17, 15) is 5.11 Å². The zero-order valence-electron chi connectivity index (χ0n) is 15.1. The molecule has 122 valence electrons. The third-order valence-electron chi connectivity index (χ3n) is 4.19. The van der Waals surface area contributed by atoms with Gasteiger partial charge in [-0.15, -0.1) is 6.58 Å². The van der Waals surface area contributed by atoms with Crippen molar-refractivity contribution in [2.24, 2.45) is 11.3 Å². The molecule has 0 saturated carbocycles. The van der Waals surface area contributed by atoms with E-state index in [1.807, 2.05) is 6.08 Å². The molecule has 0 bridgehead atoms. The Morgan fingerprint density at radius 3 is 2.24 bits per heavy atom. The largest absolute Gasteiger partial charge is 0.392 e. The van der Waals surface area contributed by atoms with Gasteiger partial charge in [0.25, 0.3) is 0 Å². The van der Waals surface area contributed by atoms with Gasteiger partial charge in [0.2, 0.25) is 0 Å². The smallest absolute Gasteiger partial charge is 0.0630 e. The lowest BCUT2D eigenvalue weighted by atomic mass is 9.77. The SMILES string of the molecule is C=CC(C)(CC/C=C(\C)CCC=C(C)C)C(O)CC(C)C. The predicted octanol–water partition coefficient (Wildman–Crippen LogP) is 6.06. The lowest BCUT2D eigenvalue weighted by Crippen LogP contribution is -2.31. The minimum Gasteiger partial charge on any atom is -0.392 e. The van der Waals surface area contributed by atoms with Gasteiger partial charge in [0.15, 0.2) is 0 Å². The van der Waals surface area contributed by atoms with Crippen LogP contribution in [0.1, 0.15) is 73.6 Å². The maximum atomic E-state index is 10.4. The third kappa shape index (κ3) is 8.93. The summed E-state index contributed by atoms with van der Waals surface area (Å²) in [6.45, 7) is 16.9.